The summed E-state index contributed by atoms with van der Waals surface area (Å²) in [6.07, 6.45) is 0. The molecule has 86 valence electrons. The highest BCUT2D eigenvalue weighted by Gasteiger charge is 2.22. The third-order valence-corrected chi connectivity index (χ3v) is 2.40. The number of rotatable bonds is 3. The molecular weight excluding hydrogens is 206 g/mol. The van der Waals surface area contributed by atoms with Crippen molar-refractivity contribution in [2.24, 2.45) is 16.8 Å². The minimum Gasteiger partial charge on any atom is -0.409 e. The number of nitrogens with zero attached hydrogens (tertiary/aromatic N) is 2. The average molecular weight is 221 g/mol. The van der Waals surface area contributed by atoms with E-state index in [1.54, 1.807) is 14.0 Å². The van der Waals surface area contributed by atoms with E-state index in [4.69, 9.17) is 10.9 Å². The molecule has 0 aliphatic carbocycles. The molecule has 0 fully saturated rings. The Balaban J connectivity index is 2.83. The Kier molecular flexibility index (Phi) is 3.88. The van der Waals surface area contributed by atoms with Gasteiger partial charge in [-0.3, -0.25) is 4.79 Å². The molecule has 0 saturated carbocycles. The lowest BCUT2D eigenvalue weighted by Crippen LogP contribution is -2.38. The fourth-order valence-electron chi connectivity index (χ4n) is 1.28. The van der Waals surface area contributed by atoms with Crippen LogP contribution < -0.4 is 10.6 Å². The average Bonchev–Trinajstić information content (AvgIpc) is 2.36. The maximum atomic E-state index is 11.9. The second-order valence-corrected chi connectivity index (χ2v) is 3.48. The smallest absolute Gasteiger partial charge is 0.237 e. The van der Waals surface area contributed by atoms with Gasteiger partial charge < -0.3 is 15.8 Å². The molecule has 0 spiro atoms. The van der Waals surface area contributed by atoms with Crippen LogP contribution in [0.3, 0.4) is 0 Å². The van der Waals surface area contributed by atoms with Crippen molar-refractivity contribution in [3.05, 3.63) is 30.3 Å². The molecule has 0 bridgehead atoms. The molecule has 5 heteroatoms. The molecule has 1 rings (SSSR count). The van der Waals surface area contributed by atoms with Gasteiger partial charge in [-0.05, 0) is 19.1 Å². The molecule has 1 aromatic carbocycles. The van der Waals surface area contributed by atoms with Gasteiger partial charge in [0.1, 0.15) is 0 Å². The number of anilines is 1. The number of amidine groups is 1. The molecule has 1 unspecified atom stereocenters. The standard InChI is InChI=1S/C11H15N3O2/c1-8(10(12)13-16)11(15)14(2)9-6-4-3-5-7-9/h3-8,16H,1-2H3,(H2,12,13). The van der Waals surface area contributed by atoms with Crippen LogP contribution in [0.5, 0.6) is 0 Å². The molecule has 1 atom stereocenters. The molecule has 0 radical (unpaired) electrons. The minimum absolute atomic E-state index is 0.0900. The number of carbonyl (C=O) groups excluding carboxylic acids is 1. The van der Waals surface area contributed by atoms with Crippen molar-refractivity contribution in [3.63, 3.8) is 0 Å². The summed E-state index contributed by atoms with van der Waals surface area (Å²) >= 11 is 0. The summed E-state index contributed by atoms with van der Waals surface area (Å²) in [5.41, 5.74) is 6.15. The predicted molar refractivity (Wildman–Crippen MR) is 62.4 cm³/mol. The van der Waals surface area contributed by atoms with Crippen LogP contribution in [-0.2, 0) is 4.79 Å². The fourth-order valence-corrected chi connectivity index (χ4v) is 1.28. The Morgan fingerprint density at radius 1 is 1.44 bits per heavy atom. The lowest BCUT2D eigenvalue weighted by Gasteiger charge is -2.20. The normalized spacial score (nSPS) is 13.2. The van der Waals surface area contributed by atoms with E-state index in [9.17, 15) is 4.79 Å². The molecule has 0 aromatic heterocycles. The van der Waals surface area contributed by atoms with Crippen molar-refractivity contribution in [1.82, 2.24) is 0 Å². The summed E-state index contributed by atoms with van der Waals surface area (Å²) < 4.78 is 0. The highest BCUT2D eigenvalue weighted by atomic mass is 16.4. The number of carbonyl (C=O) groups is 1. The Morgan fingerprint density at radius 2 is 2.00 bits per heavy atom. The van der Waals surface area contributed by atoms with Crippen molar-refractivity contribution in [3.8, 4) is 0 Å². The Bertz CT molecular complexity index is 389. The van der Waals surface area contributed by atoms with Gasteiger partial charge in [-0.1, -0.05) is 23.4 Å². The number of hydrogen-bond donors (Lipinski definition) is 2. The maximum absolute atomic E-state index is 11.9. The van der Waals surface area contributed by atoms with Crippen LogP contribution >= 0.6 is 0 Å². The number of nitrogens with two attached hydrogens (primary N) is 1. The second kappa shape index (κ2) is 5.16. The van der Waals surface area contributed by atoms with E-state index in [0.29, 0.717) is 0 Å². The van der Waals surface area contributed by atoms with E-state index in [0.717, 1.165) is 5.69 Å². The van der Waals surface area contributed by atoms with Gasteiger partial charge in [0.15, 0.2) is 5.84 Å². The summed E-state index contributed by atoms with van der Waals surface area (Å²) in [5.74, 6) is -0.954. The Morgan fingerprint density at radius 3 is 2.50 bits per heavy atom. The first-order chi connectivity index (χ1) is 7.57. The summed E-state index contributed by atoms with van der Waals surface area (Å²) in [5, 5.41) is 11.3. The van der Waals surface area contributed by atoms with Crippen LogP contribution in [0.25, 0.3) is 0 Å². The van der Waals surface area contributed by atoms with Crippen LogP contribution in [0.4, 0.5) is 5.69 Å². The predicted octanol–water partition coefficient (Wildman–Crippen LogP) is 1.03. The molecule has 16 heavy (non-hydrogen) atoms. The van der Waals surface area contributed by atoms with Crippen molar-refractivity contribution < 1.29 is 10.0 Å². The van der Waals surface area contributed by atoms with E-state index in [1.807, 2.05) is 30.3 Å². The zero-order chi connectivity index (χ0) is 12.1. The Hall–Kier alpha value is -2.04. The molecule has 0 heterocycles. The van der Waals surface area contributed by atoms with Gasteiger partial charge in [0, 0.05) is 12.7 Å². The monoisotopic (exact) mass is 221 g/mol. The number of oxime groups is 1. The number of amides is 1. The van der Waals surface area contributed by atoms with Gasteiger partial charge >= 0.3 is 0 Å². The van der Waals surface area contributed by atoms with Gasteiger partial charge in [0.25, 0.3) is 0 Å². The fraction of sp³-hybridized carbons (Fsp3) is 0.273. The molecule has 0 saturated heterocycles. The van der Waals surface area contributed by atoms with Crippen LogP contribution in [0, 0.1) is 5.92 Å². The van der Waals surface area contributed by atoms with Crippen molar-refractivity contribution in [2.45, 2.75) is 6.92 Å². The van der Waals surface area contributed by atoms with E-state index in [1.165, 1.54) is 4.90 Å². The largest absolute Gasteiger partial charge is 0.409 e. The van der Waals surface area contributed by atoms with E-state index in [-0.39, 0.29) is 11.7 Å². The minimum atomic E-state index is -0.643. The topological polar surface area (TPSA) is 78.9 Å². The van der Waals surface area contributed by atoms with E-state index < -0.39 is 5.92 Å². The molecule has 0 aliphatic rings. The zero-order valence-electron chi connectivity index (χ0n) is 9.29. The zero-order valence-corrected chi connectivity index (χ0v) is 9.29. The van der Waals surface area contributed by atoms with E-state index in [2.05, 4.69) is 5.16 Å². The number of benzene rings is 1. The molecular formula is C11H15N3O2. The summed E-state index contributed by atoms with van der Waals surface area (Å²) in [6, 6.07) is 9.18. The van der Waals surface area contributed by atoms with Crippen molar-refractivity contribution in [2.75, 3.05) is 11.9 Å². The summed E-state index contributed by atoms with van der Waals surface area (Å²) in [7, 11) is 1.65. The van der Waals surface area contributed by atoms with Gasteiger partial charge in [0.2, 0.25) is 5.91 Å². The first-order valence-corrected chi connectivity index (χ1v) is 4.88. The van der Waals surface area contributed by atoms with Crippen LogP contribution in [-0.4, -0.2) is 24.0 Å². The van der Waals surface area contributed by atoms with Crippen LogP contribution in [0.1, 0.15) is 6.92 Å². The number of para-hydroxylation sites is 1. The van der Waals surface area contributed by atoms with Crippen LogP contribution in [0.2, 0.25) is 0 Å². The third kappa shape index (κ3) is 2.50. The van der Waals surface area contributed by atoms with Gasteiger partial charge in [-0.25, -0.2) is 0 Å². The SMILES string of the molecule is CC(C(=O)N(C)c1ccccc1)C(N)=NO. The van der Waals surface area contributed by atoms with Gasteiger partial charge in [-0.2, -0.15) is 0 Å². The quantitative estimate of drug-likeness (QED) is 0.346. The van der Waals surface area contributed by atoms with Crippen molar-refractivity contribution >= 4 is 17.4 Å². The van der Waals surface area contributed by atoms with Gasteiger partial charge in [-0.15, -0.1) is 0 Å². The van der Waals surface area contributed by atoms with E-state index >= 15 is 0 Å². The Labute approximate surface area is 94.2 Å². The first-order valence-electron chi connectivity index (χ1n) is 4.88. The maximum Gasteiger partial charge on any atom is 0.237 e. The highest BCUT2D eigenvalue weighted by Crippen LogP contribution is 2.14. The van der Waals surface area contributed by atoms with Crippen LogP contribution in [0.15, 0.2) is 35.5 Å². The molecule has 3 N–H and O–H groups in total. The highest BCUT2D eigenvalue weighted by molar-refractivity contribution is 6.08. The number of hydrogen-bond acceptors (Lipinski definition) is 3. The molecule has 1 aromatic rings. The lowest BCUT2D eigenvalue weighted by atomic mass is 10.1. The molecule has 0 aliphatic heterocycles. The molecule has 5 nitrogen and oxygen atoms in total. The van der Waals surface area contributed by atoms with Gasteiger partial charge in [0.05, 0.1) is 5.92 Å². The van der Waals surface area contributed by atoms with Crippen molar-refractivity contribution in [1.29, 1.82) is 0 Å². The summed E-state index contributed by atoms with van der Waals surface area (Å²) in [4.78, 5) is 13.4. The second-order valence-electron chi connectivity index (χ2n) is 3.48. The third-order valence-electron chi connectivity index (χ3n) is 2.40. The first kappa shape index (κ1) is 12.0. The summed E-state index contributed by atoms with van der Waals surface area (Å²) in [6.45, 7) is 1.59. The molecule has 1 amide bonds. The lowest BCUT2D eigenvalue weighted by molar-refractivity contribution is -0.119.